The minimum atomic E-state index is -0.443. The summed E-state index contributed by atoms with van der Waals surface area (Å²) in [5, 5.41) is 9.01. The van der Waals surface area contributed by atoms with Gasteiger partial charge in [0.1, 0.15) is 5.75 Å². The van der Waals surface area contributed by atoms with Crippen LogP contribution in [0.3, 0.4) is 0 Å². The molecule has 1 amide bonds. The average molecular weight is 204 g/mol. The average Bonchev–Trinajstić information content (AvgIpc) is 2.08. The van der Waals surface area contributed by atoms with Gasteiger partial charge in [-0.15, -0.1) is 12.4 Å². The molecule has 0 saturated heterocycles. The second kappa shape index (κ2) is 4.54. The molecule has 6 heteroatoms. The van der Waals surface area contributed by atoms with Crippen molar-refractivity contribution in [2.24, 2.45) is 5.84 Å². The number of benzene rings is 1. The van der Waals surface area contributed by atoms with E-state index in [0.717, 1.165) is 0 Å². The van der Waals surface area contributed by atoms with Crippen molar-refractivity contribution in [3.05, 3.63) is 23.8 Å². The SMILES string of the molecule is Cl.NNC(=O)c1ccc(O)c(N)c1. The van der Waals surface area contributed by atoms with E-state index >= 15 is 0 Å². The summed E-state index contributed by atoms with van der Waals surface area (Å²) in [6, 6.07) is 4.10. The number of aromatic hydroxyl groups is 1. The van der Waals surface area contributed by atoms with Crippen LogP contribution < -0.4 is 17.0 Å². The molecule has 0 heterocycles. The highest BCUT2D eigenvalue weighted by Crippen LogP contribution is 2.19. The number of nitrogens with two attached hydrogens (primary N) is 2. The topological polar surface area (TPSA) is 101 Å². The third-order valence-corrected chi connectivity index (χ3v) is 1.42. The smallest absolute Gasteiger partial charge is 0.265 e. The zero-order valence-electron chi connectivity index (χ0n) is 6.65. The lowest BCUT2D eigenvalue weighted by atomic mass is 10.2. The van der Waals surface area contributed by atoms with Gasteiger partial charge in [0.15, 0.2) is 0 Å². The van der Waals surface area contributed by atoms with Crippen LogP contribution in [0.1, 0.15) is 10.4 Å². The Morgan fingerprint density at radius 2 is 2.08 bits per heavy atom. The lowest BCUT2D eigenvalue weighted by molar-refractivity contribution is 0.0953. The molecule has 0 aliphatic carbocycles. The van der Waals surface area contributed by atoms with Gasteiger partial charge in [0.2, 0.25) is 0 Å². The van der Waals surface area contributed by atoms with Gasteiger partial charge in [-0.2, -0.15) is 0 Å². The third-order valence-electron chi connectivity index (χ3n) is 1.42. The summed E-state index contributed by atoms with van der Waals surface area (Å²) in [7, 11) is 0. The zero-order valence-corrected chi connectivity index (χ0v) is 7.47. The summed E-state index contributed by atoms with van der Waals surface area (Å²) >= 11 is 0. The van der Waals surface area contributed by atoms with Crippen LogP contribution in [-0.2, 0) is 0 Å². The number of rotatable bonds is 1. The molecule has 1 rings (SSSR count). The van der Waals surface area contributed by atoms with Crippen molar-refractivity contribution in [1.82, 2.24) is 5.43 Å². The third kappa shape index (κ3) is 2.50. The van der Waals surface area contributed by atoms with E-state index in [0.29, 0.717) is 5.56 Å². The predicted octanol–water partition coefficient (Wildman–Crippen LogP) is -0.000300. The number of hydrogen-bond donors (Lipinski definition) is 4. The summed E-state index contributed by atoms with van der Waals surface area (Å²) in [6.07, 6.45) is 0. The van der Waals surface area contributed by atoms with E-state index < -0.39 is 5.91 Å². The Bertz CT molecular complexity index is 317. The monoisotopic (exact) mass is 203 g/mol. The first-order valence-electron chi connectivity index (χ1n) is 3.24. The molecule has 5 nitrogen and oxygen atoms in total. The number of amides is 1. The lowest BCUT2D eigenvalue weighted by Crippen LogP contribution is -2.29. The minimum Gasteiger partial charge on any atom is -0.506 e. The van der Waals surface area contributed by atoms with E-state index in [9.17, 15) is 4.79 Å². The molecule has 0 bridgehead atoms. The van der Waals surface area contributed by atoms with Crippen molar-refractivity contribution in [2.45, 2.75) is 0 Å². The molecule has 0 aliphatic rings. The summed E-state index contributed by atoms with van der Waals surface area (Å²) in [4.78, 5) is 10.9. The zero-order chi connectivity index (χ0) is 9.14. The van der Waals surface area contributed by atoms with Gasteiger partial charge >= 0.3 is 0 Å². The van der Waals surface area contributed by atoms with Crippen LogP contribution in [0.15, 0.2) is 18.2 Å². The van der Waals surface area contributed by atoms with Crippen LogP contribution in [0.25, 0.3) is 0 Å². The number of carbonyl (C=O) groups excluding carboxylic acids is 1. The summed E-state index contributed by atoms with van der Waals surface area (Å²) < 4.78 is 0. The summed E-state index contributed by atoms with van der Waals surface area (Å²) in [6.45, 7) is 0. The van der Waals surface area contributed by atoms with Crippen molar-refractivity contribution in [3.8, 4) is 5.75 Å². The molecule has 0 aromatic heterocycles. The van der Waals surface area contributed by atoms with Gasteiger partial charge in [-0.05, 0) is 18.2 Å². The quantitative estimate of drug-likeness (QED) is 0.170. The Morgan fingerprint density at radius 1 is 1.46 bits per heavy atom. The van der Waals surface area contributed by atoms with Crippen molar-refractivity contribution in [3.63, 3.8) is 0 Å². The number of nitrogen functional groups attached to an aromatic ring is 2. The molecule has 1 aromatic rings. The molecule has 6 N–H and O–H groups in total. The van der Waals surface area contributed by atoms with Gasteiger partial charge in [-0.3, -0.25) is 10.2 Å². The number of phenols is 1. The second-order valence-corrected chi connectivity index (χ2v) is 2.25. The molecule has 1 aromatic carbocycles. The summed E-state index contributed by atoms with van der Waals surface area (Å²) in [5.41, 5.74) is 7.76. The van der Waals surface area contributed by atoms with E-state index in [1.165, 1.54) is 18.2 Å². The fourth-order valence-electron chi connectivity index (χ4n) is 0.779. The normalized spacial score (nSPS) is 8.69. The van der Waals surface area contributed by atoms with Crippen molar-refractivity contribution in [2.75, 3.05) is 5.73 Å². The van der Waals surface area contributed by atoms with Crippen LogP contribution in [0, 0.1) is 0 Å². The molecule has 72 valence electrons. The highest BCUT2D eigenvalue weighted by Gasteiger charge is 2.04. The van der Waals surface area contributed by atoms with Crippen LogP contribution in [0.4, 0.5) is 5.69 Å². The van der Waals surface area contributed by atoms with E-state index in [4.69, 9.17) is 16.7 Å². The lowest BCUT2D eigenvalue weighted by Gasteiger charge is -2.01. The van der Waals surface area contributed by atoms with Gasteiger partial charge in [0, 0.05) is 5.56 Å². The predicted molar refractivity (Wildman–Crippen MR) is 51.4 cm³/mol. The standard InChI is InChI=1S/C7H9N3O2.ClH/c8-5-3-4(7(12)10-9)1-2-6(5)11;/h1-3,11H,8-9H2,(H,10,12);1H. The van der Waals surface area contributed by atoms with Crippen LogP contribution in [-0.4, -0.2) is 11.0 Å². The Labute approximate surface area is 81.1 Å². The number of phenolic OH excluding ortho intramolecular Hbond substituents is 1. The summed E-state index contributed by atoms with van der Waals surface area (Å²) in [5.74, 6) is 4.39. The Hall–Kier alpha value is -1.46. The molecule has 0 fully saturated rings. The van der Waals surface area contributed by atoms with Crippen LogP contribution in [0.5, 0.6) is 5.75 Å². The highest BCUT2D eigenvalue weighted by molar-refractivity contribution is 5.94. The van der Waals surface area contributed by atoms with Crippen molar-refractivity contribution in [1.29, 1.82) is 0 Å². The van der Waals surface area contributed by atoms with Gasteiger partial charge < -0.3 is 10.8 Å². The Balaban J connectivity index is 0.00000144. The fraction of sp³-hybridized carbons (Fsp3) is 0. The number of hydrogen-bond acceptors (Lipinski definition) is 4. The van der Waals surface area contributed by atoms with Gasteiger partial charge in [-0.25, -0.2) is 5.84 Å². The largest absolute Gasteiger partial charge is 0.506 e. The van der Waals surface area contributed by atoms with E-state index in [-0.39, 0.29) is 23.8 Å². The van der Waals surface area contributed by atoms with Gasteiger partial charge in [-0.1, -0.05) is 0 Å². The number of nitrogens with one attached hydrogen (secondary N) is 1. The molecular weight excluding hydrogens is 194 g/mol. The van der Waals surface area contributed by atoms with Gasteiger partial charge in [0.05, 0.1) is 5.69 Å². The molecule has 0 atom stereocenters. The fourth-order valence-corrected chi connectivity index (χ4v) is 0.779. The molecule has 13 heavy (non-hydrogen) atoms. The highest BCUT2D eigenvalue weighted by atomic mass is 35.5. The number of hydrazine groups is 1. The molecule has 0 radical (unpaired) electrons. The van der Waals surface area contributed by atoms with Crippen LogP contribution >= 0.6 is 12.4 Å². The van der Waals surface area contributed by atoms with Crippen LogP contribution in [0.2, 0.25) is 0 Å². The van der Waals surface area contributed by atoms with E-state index in [2.05, 4.69) is 0 Å². The minimum absolute atomic E-state index is 0. The second-order valence-electron chi connectivity index (χ2n) is 2.25. The molecule has 0 unspecified atom stereocenters. The van der Waals surface area contributed by atoms with Gasteiger partial charge in [0.25, 0.3) is 5.91 Å². The van der Waals surface area contributed by atoms with Crippen molar-refractivity contribution < 1.29 is 9.90 Å². The molecule has 0 aliphatic heterocycles. The van der Waals surface area contributed by atoms with E-state index in [1.807, 2.05) is 5.43 Å². The number of anilines is 1. The number of carbonyl (C=O) groups is 1. The number of halogens is 1. The maximum atomic E-state index is 10.9. The molecular formula is C7H10ClN3O2. The first kappa shape index (κ1) is 11.5. The first-order valence-corrected chi connectivity index (χ1v) is 3.24. The van der Waals surface area contributed by atoms with Crippen molar-refractivity contribution >= 4 is 24.0 Å². The molecule has 0 saturated carbocycles. The Kier molecular flexibility index (Phi) is 4.03. The first-order chi connectivity index (χ1) is 5.65. The maximum absolute atomic E-state index is 10.9. The maximum Gasteiger partial charge on any atom is 0.265 e. The Morgan fingerprint density at radius 3 is 2.54 bits per heavy atom. The molecule has 0 spiro atoms. The van der Waals surface area contributed by atoms with E-state index in [1.54, 1.807) is 0 Å².